The molecule has 91 heavy (non-hydrogen) atoms. The Balaban J connectivity index is 0.000000218. The lowest BCUT2D eigenvalue weighted by molar-refractivity contribution is -0.257. The molecule has 4 fully saturated rings. The highest BCUT2D eigenvalue weighted by Gasteiger charge is 2.71. The van der Waals surface area contributed by atoms with E-state index in [1.165, 1.54) is 13.8 Å². The molecule has 5 aromatic rings. The molecular formula is C72H94N2O16Si. The molecule has 18 nitrogen and oxygen atoms in total. The maximum atomic E-state index is 14.2. The fourth-order valence-electron chi connectivity index (χ4n) is 18.7. The summed E-state index contributed by atoms with van der Waals surface area (Å²) in [4.78, 5) is 73.3. The van der Waals surface area contributed by atoms with Crippen LogP contribution in [-0.2, 0) is 23.8 Å². The molecule has 19 heteroatoms. The van der Waals surface area contributed by atoms with Crippen LogP contribution in [0.15, 0.2) is 104 Å². The zero-order chi connectivity index (χ0) is 66.3. The van der Waals surface area contributed by atoms with E-state index in [1.807, 2.05) is 26.0 Å². The average Bonchev–Trinajstić information content (AvgIpc) is 0.694. The number of aliphatic hydroxyl groups excluding tert-OH is 3. The molecule has 0 saturated heterocycles. The first-order valence-electron chi connectivity index (χ1n) is 32.6. The minimum atomic E-state index is -2.22. The molecular weight excluding hydrogens is 1180 g/mol. The monoisotopic (exact) mass is 1270 g/mol. The minimum absolute atomic E-state index is 0.0433. The van der Waals surface area contributed by atoms with Crippen LogP contribution in [0.5, 0.6) is 17.2 Å². The van der Waals surface area contributed by atoms with Crippen LogP contribution in [0, 0.1) is 57.2 Å². The fraction of sp³-hybridized carbons (Fsp3) is 0.597. The Morgan fingerprint density at radius 2 is 1.05 bits per heavy atom. The van der Waals surface area contributed by atoms with Crippen molar-refractivity contribution < 1.29 is 66.6 Å². The lowest BCUT2D eigenvalue weighted by Gasteiger charge is -2.66. The predicted octanol–water partition coefficient (Wildman–Crippen LogP) is 13.2. The van der Waals surface area contributed by atoms with Crippen molar-refractivity contribution in [3.05, 3.63) is 123 Å². The highest BCUT2D eigenvalue weighted by molar-refractivity contribution is 6.78. The Morgan fingerprint density at radius 1 is 0.626 bits per heavy atom. The van der Waals surface area contributed by atoms with Gasteiger partial charge in [0, 0.05) is 84.6 Å². The molecule has 492 valence electrons. The van der Waals surface area contributed by atoms with Gasteiger partial charge in [0.15, 0.2) is 0 Å². The van der Waals surface area contributed by atoms with Crippen molar-refractivity contribution in [1.29, 1.82) is 0 Å². The molecule has 4 aromatic heterocycles. The van der Waals surface area contributed by atoms with Gasteiger partial charge in [-0.25, -0.2) is 14.4 Å². The van der Waals surface area contributed by atoms with Gasteiger partial charge in [-0.3, -0.25) is 19.6 Å². The van der Waals surface area contributed by atoms with E-state index in [4.69, 9.17) is 36.9 Å². The number of fused-ring (bicyclic) bond motifs is 8. The number of aromatic nitrogens is 2. The SMILES string of the molecule is CC(=O)OCC1(C)C2C[C@H](O)[C@@]3(C)Oc4cc(-c5cccnc5)oc(=O)c4[C@H](O)C3[C@@]2(C)CC[C@@H]1C.CC(=O)OCC1(C)C2C[C@H](OC(=O)c3ccc(O[Si](C(C)C)(C(C)C)C(C)C)cc3)[C@@]3(C)Oc4cc(-c5cccnc5)oc(=O)c4[C@H](O)C3[C@@]2(C)CC[C@@H]1C. The number of aliphatic hydroxyl groups is 3. The van der Waals surface area contributed by atoms with E-state index in [-0.39, 0.29) is 83.0 Å². The van der Waals surface area contributed by atoms with Gasteiger partial charge in [-0.2, -0.15) is 0 Å². The molecule has 16 atom stereocenters. The van der Waals surface area contributed by atoms with Crippen molar-refractivity contribution in [2.24, 2.45) is 57.2 Å². The van der Waals surface area contributed by atoms with Gasteiger partial charge in [0.05, 0.1) is 37.1 Å². The Morgan fingerprint density at radius 3 is 1.47 bits per heavy atom. The van der Waals surface area contributed by atoms with Crippen LogP contribution >= 0.6 is 0 Å². The van der Waals surface area contributed by atoms with Crippen LogP contribution in [0.2, 0.25) is 16.6 Å². The summed E-state index contributed by atoms with van der Waals surface area (Å²) in [5, 5.41) is 35.8. The van der Waals surface area contributed by atoms with Gasteiger partial charge in [-0.1, -0.05) is 83.1 Å². The van der Waals surface area contributed by atoms with E-state index >= 15 is 0 Å². The van der Waals surface area contributed by atoms with Crippen LogP contribution in [0.4, 0.5) is 0 Å². The minimum Gasteiger partial charge on any atom is -0.543 e. The number of nitrogens with zero attached hydrogens (tertiary/aromatic N) is 2. The van der Waals surface area contributed by atoms with Crippen LogP contribution < -0.4 is 25.2 Å². The summed E-state index contributed by atoms with van der Waals surface area (Å²) in [5.41, 5.74) is -2.91. The summed E-state index contributed by atoms with van der Waals surface area (Å²) in [6.45, 7) is 33.1. The second-order valence-electron chi connectivity index (χ2n) is 29.6. The zero-order valence-electron chi connectivity index (χ0n) is 55.8. The second kappa shape index (κ2) is 24.7. The van der Waals surface area contributed by atoms with E-state index < -0.39 is 94.7 Å². The summed E-state index contributed by atoms with van der Waals surface area (Å²) < 4.78 is 49.4. The van der Waals surface area contributed by atoms with Gasteiger partial charge in [-0.05, 0) is 152 Å². The van der Waals surface area contributed by atoms with Gasteiger partial charge in [0.25, 0.3) is 8.32 Å². The Hall–Kier alpha value is -6.67. The number of hydrogen-bond donors (Lipinski definition) is 3. The lowest BCUT2D eigenvalue weighted by Crippen LogP contribution is -2.70. The molecule has 0 spiro atoms. The smallest absolute Gasteiger partial charge is 0.345 e. The number of esters is 3. The molecule has 6 aliphatic rings. The lowest BCUT2D eigenvalue weighted by atomic mass is 9.41. The maximum Gasteiger partial charge on any atom is 0.345 e. The highest BCUT2D eigenvalue weighted by Crippen LogP contribution is 2.70. The first-order valence-corrected chi connectivity index (χ1v) is 34.7. The summed E-state index contributed by atoms with van der Waals surface area (Å²) >= 11 is 0. The van der Waals surface area contributed by atoms with E-state index in [1.54, 1.807) is 73.3 Å². The number of carbonyl (C=O) groups excluding carboxylic acids is 3. The Bertz CT molecular complexity index is 3610. The number of pyridine rings is 2. The van der Waals surface area contributed by atoms with Crippen LogP contribution in [0.25, 0.3) is 22.6 Å². The van der Waals surface area contributed by atoms with Gasteiger partial charge < -0.3 is 52.3 Å². The molecule has 1 aromatic carbocycles. The number of benzene rings is 1. The van der Waals surface area contributed by atoms with Gasteiger partial charge >= 0.3 is 29.2 Å². The Labute approximate surface area is 535 Å². The van der Waals surface area contributed by atoms with Gasteiger partial charge in [0.2, 0.25) is 0 Å². The molecule has 6 heterocycles. The van der Waals surface area contributed by atoms with E-state index in [9.17, 15) is 39.3 Å². The van der Waals surface area contributed by atoms with Gasteiger partial charge in [0.1, 0.15) is 57.2 Å². The largest absolute Gasteiger partial charge is 0.543 e. The predicted molar refractivity (Wildman–Crippen MR) is 343 cm³/mol. The van der Waals surface area contributed by atoms with E-state index in [0.717, 1.165) is 31.4 Å². The molecule has 0 bridgehead atoms. The van der Waals surface area contributed by atoms with Crippen molar-refractivity contribution in [3.63, 3.8) is 0 Å². The standard InChI is InChI=1S/C44H59NO9Si.C28H35NO7/c1-25(2)55(26(3)4,27(5)6)54-32-16-14-30(15-17-32)40(48)52-36-22-35-42(9,19-18-28(7)43(35,10)24-50-29(8)46)39-38(47)37-34(53-44(36,39)11)21-33(51-41(37)49)31-13-12-20-45-23-31;1-15-8-9-26(3)20(27(15,4)14-34-16(2)30)12-21(31)28(5)24(26)23(32)22-19(36-28)11-18(35-25(22)33)17-7-6-10-29-13-17/h12-17,20-21,23,25-28,35-36,38-39,47H,18-19,22,24H2,1-11H3;6-7,10-11,13,15,20-21,23-24,31-32H,8-9,12,14H2,1-5H3/t28-,35?,36-,38-,39?,42-,43?,44+;15-,20?,21-,23-,24?,26-,27?,28+/m00/s1. The summed E-state index contributed by atoms with van der Waals surface area (Å²) in [6, 6.07) is 17.4. The van der Waals surface area contributed by atoms with Crippen molar-refractivity contribution in [2.75, 3.05) is 13.2 Å². The number of carbonyl (C=O) groups is 3. The first kappa shape index (κ1) is 67.2. The maximum absolute atomic E-state index is 14.2. The van der Waals surface area contributed by atoms with Crippen molar-refractivity contribution in [1.82, 2.24) is 9.97 Å². The molecule has 0 amide bonds. The third kappa shape index (κ3) is 11.4. The van der Waals surface area contributed by atoms with Crippen LogP contribution in [-0.4, -0.2) is 88.1 Å². The topological polar surface area (TPSA) is 253 Å². The highest BCUT2D eigenvalue weighted by atomic mass is 28.4. The fourth-order valence-corrected chi connectivity index (χ4v) is 23.9. The molecule has 4 aliphatic carbocycles. The number of ether oxygens (including phenoxy) is 5. The molecule has 2 aliphatic heterocycles. The number of rotatable bonds is 13. The molecule has 11 rings (SSSR count). The summed E-state index contributed by atoms with van der Waals surface area (Å²) in [5.74, 6) is -0.662. The van der Waals surface area contributed by atoms with E-state index in [0.29, 0.717) is 46.2 Å². The van der Waals surface area contributed by atoms with Crippen LogP contribution in [0.1, 0.15) is 183 Å². The Kier molecular flexibility index (Phi) is 18.2. The molecule has 6 unspecified atom stereocenters. The van der Waals surface area contributed by atoms with E-state index in [2.05, 4.69) is 93.1 Å². The van der Waals surface area contributed by atoms with Crippen LogP contribution in [0.3, 0.4) is 0 Å². The van der Waals surface area contributed by atoms with Crippen molar-refractivity contribution in [2.45, 2.75) is 202 Å². The first-order chi connectivity index (χ1) is 42.7. The second-order valence-corrected chi connectivity index (χ2v) is 35.0. The van der Waals surface area contributed by atoms with Crippen molar-refractivity contribution in [3.8, 4) is 39.9 Å². The molecule has 0 radical (unpaired) electrons. The number of hydrogen-bond acceptors (Lipinski definition) is 18. The van der Waals surface area contributed by atoms with Crippen molar-refractivity contribution >= 4 is 26.2 Å². The zero-order valence-corrected chi connectivity index (χ0v) is 56.8. The summed E-state index contributed by atoms with van der Waals surface area (Å²) in [7, 11) is -2.22. The molecule has 4 saturated carbocycles. The molecule has 3 N–H and O–H groups in total. The third-order valence-electron chi connectivity index (χ3n) is 23.7. The normalized spacial score (nSPS) is 33.8. The quantitative estimate of drug-likeness (QED) is 0.0562. The average molecular weight is 1270 g/mol. The van der Waals surface area contributed by atoms with Gasteiger partial charge in [-0.15, -0.1) is 0 Å². The third-order valence-corrected chi connectivity index (χ3v) is 29.7. The summed E-state index contributed by atoms with van der Waals surface area (Å²) in [6.07, 6.45) is 6.20.